The van der Waals surface area contributed by atoms with Crippen molar-refractivity contribution in [3.8, 4) is 11.5 Å². The molecular formula is C23H12F26O4. The molecule has 310 valence electrons. The van der Waals surface area contributed by atoms with Crippen molar-refractivity contribution in [1.82, 2.24) is 0 Å². The maximum absolute atomic E-state index is 14.0. The van der Waals surface area contributed by atoms with E-state index in [2.05, 4.69) is 9.47 Å². The molecule has 30 heteroatoms. The van der Waals surface area contributed by atoms with Crippen molar-refractivity contribution < 1.29 is 134 Å². The van der Waals surface area contributed by atoms with Crippen LogP contribution >= 0.6 is 0 Å². The van der Waals surface area contributed by atoms with Crippen LogP contribution in [0.15, 0.2) is 18.2 Å². The van der Waals surface area contributed by atoms with E-state index in [1.807, 2.05) is 0 Å². The van der Waals surface area contributed by atoms with Gasteiger partial charge < -0.3 is 14.6 Å². The molecule has 0 aliphatic carbocycles. The van der Waals surface area contributed by atoms with Crippen LogP contribution in [0.3, 0.4) is 0 Å². The number of carbonyl (C=O) groups is 1. The number of carboxylic acid groups (broad SMARTS) is 1. The summed E-state index contributed by atoms with van der Waals surface area (Å²) >= 11 is 0. The summed E-state index contributed by atoms with van der Waals surface area (Å²) in [5, 5.41) is 8.92. The van der Waals surface area contributed by atoms with Gasteiger partial charge in [-0.25, -0.2) is 4.79 Å². The van der Waals surface area contributed by atoms with E-state index in [9.17, 15) is 119 Å². The van der Waals surface area contributed by atoms with E-state index in [1.54, 1.807) is 0 Å². The molecule has 0 bridgehead atoms. The third-order valence-corrected chi connectivity index (χ3v) is 6.53. The van der Waals surface area contributed by atoms with Crippen LogP contribution in [-0.2, 0) is 0 Å². The lowest BCUT2D eigenvalue weighted by molar-refractivity contribution is -0.440. The van der Waals surface area contributed by atoms with Gasteiger partial charge in [0.1, 0.15) is 0 Å². The van der Waals surface area contributed by atoms with Gasteiger partial charge in [-0.3, -0.25) is 0 Å². The molecule has 53 heavy (non-hydrogen) atoms. The smallest absolute Gasteiger partial charge is 0.460 e. The molecule has 0 aromatic heterocycles. The topological polar surface area (TPSA) is 55.8 Å². The minimum absolute atomic E-state index is 0.0404. The average molecular weight is 846 g/mol. The lowest BCUT2D eigenvalue weighted by Crippen LogP contribution is -2.70. The van der Waals surface area contributed by atoms with E-state index in [0.717, 1.165) is 0 Å². The first kappa shape index (κ1) is 47.5. The monoisotopic (exact) mass is 846 g/mol. The third-order valence-electron chi connectivity index (χ3n) is 6.53. The van der Waals surface area contributed by atoms with E-state index < -0.39 is 121 Å². The van der Waals surface area contributed by atoms with Crippen LogP contribution < -0.4 is 9.47 Å². The van der Waals surface area contributed by atoms with Crippen LogP contribution in [-0.4, -0.2) is 95.9 Å². The van der Waals surface area contributed by atoms with E-state index in [4.69, 9.17) is 5.11 Å². The molecule has 0 saturated carbocycles. The zero-order chi connectivity index (χ0) is 42.7. The van der Waals surface area contributed by atoms with Crippen LogP contribution in [0.25, 0.3) is 0 Å². The predicted molar refractivity (Wildman–Crippen MR) is 115 cm³/mol. The minimum Gasteiger partial charge on any atom is -0.489 e. The molecule has 0 unspecified atom stereocenters. The minimum atomic E-state index is -8.30. The van der Waals surface area contributed by atoms with Gasteiger partial charge in [0.2, 0.25) is 0 Å². The number of benzene rings is 1. The molecular weight excluding hydrogens is 834 g/mol. The zero-order valence-electron chi connectivity index (χ0n) is 24.1. The summed E-state index contributed by atoms with van der Waals surface area (Å²) in [5.41, 5.74) is -1.16. The molecule has 0 fully saturated rings. The number of hydrogen-bond donors (Lipinski definition) is 1. The molecule has 0 amide bonds. The molecule has 0 saturated heterocycles. The van der Waals surface area contributed by atoms with Gasteiger partial charge in [0.05, 0.1) is 31.6 Å². The fourth-order valence-electron chi connectivity index (χ4n) is 3.37. The summed E-state index contributed by atoms with van der Waals surface area (Å²) in [5.74, 6) is -83.7. The van der Waals surface area contributed by atoms with E-state index in [-0.39, 0.29) is 18.2 Å². The van der Waals surface area contributed by atoms with Crippen molar-refractivity contribution in [2.24, 2.45) is 0 Å². The second kappa shape index (κ2) is 13.6. The van der Waals surface area contributed by atoms with Crippen LogP contribution in [0, 0.1) is 0 Å². The molecule has 0 heterocycles. The lowest BCUT2D eigenvalue weighted by Gasteiger charge is -2.39. The summed E-state index contributed by atoms with van der Waals surface area (Å²) in [4.78, 5) is 11.1. The Morgan fingerprint density at radius 2 is 0.717 bits per heavy atom. The lowest BCUT2D eigenvalue weighted by atomic mass is 9.93. The van der Waals surface area contributed by atoms with Crippen LogP contribution in [0.1, 0.15) is 23.2 Å². The molecule has 0 aliphatic rings. The first-order valence-electron chi connectivity index (χ1n) is 12.5. The number of ether oxygens (including phenoxy) is 2. The van der Waals surface area contributed by atoms with Crippen molar-refractivity contribution in [2.45, 2.75) is 84.4 Å². The Labute approximate surface area is 273 Å². The summed E-state index contributed by atoms with van der Waals surface area (Å²) in [6.45, 7) is -4.70. The molecule has 0 radical (unpaired) electrons. The number of aromatic carboxylic acids is 1. The maximum atomic E-state index is 14.0. The normalized spacial score (nSPS) is 15.4. The fourth-order valence-corrected chi connectivity index (χ4v) is 3.37. The van der Waals surface area contributed by atoms with Gasteiger partial charge in [0.15, 0.2) is 11.5 Å². The van der Waals surface area contributed by atoms with Gasteiger partial charge in [0, 0.05) is 0 Å². The fraction of sp³-hybridized carbons (Fsp3) is 0.696. The molecule has 1 aromatic rings. The van der Waals surface area contributed by atoms with Gasteiger partial charge in [-0.1, -0.05) is 0 Å². The van der Waals surface area contributed by atoms with Crippen LogP contribution in [0.4, 0.5) is 114 Å². The zero-order valence-corrected chi connectivity index (χ0v) is 24.1. The SMILES string of the molecule is O=C(O)c1ccc(OCCC(F)(F)C(F)(F)C(F)(F)C(F)(F)C(F)(F)C(F)(F)F)c(OCCC(F)(F)C(F)(F)C(F)(F)C(F)(F)C(F)(F)C(F)(F)F)c1. The quantitative estimate of drug-likeness (QED) is 0.159. The Morgan fingerprint density at radius 1 is 0.434 bits per heavy atom. The van der Waals surface area contributed by atoms with Crippen LogP contribution in [0.2, 0.25) is 0 Å². The Bertz CT molecular complexity index is 1460. The van der Waals surface area contributed by atoms with Gasteiger partial charge >= 0.3 is 77.5 Å². The van der Waals surface area contributed by atoms with Gasteiger partial charge in [-0.2, -0.15) is 114 Å². The second-order valence-electron chi connectivity index (χ2n) is 10.2. The molecule has 0 spiro atoms. The number of halogens is 26. The Morgan fingerprint density at radius 3 is 1.00 bits per heavy atom. The second-order valence-corrected chi connectivity index (χ2v) is 10.2. The molecule has 1 rings (SSSR count). The van der Waals surface area contributed by atoms with Crippen molar-refractivity contribution in [3.05, 3.63) is 23.8 Å². The van der Waals surface area contributed by atoms with E-state index in [1.165, 1.54) is 0 Å². The summed E-state index contributed by atoms with van der Waals surface area (Å²) in [6, 6.07) is 0.320. The Kier molecular flexibility index (Phi) is 12.2. The van der Waals surface area contributed by atoms with E-state index >= 15 is 0 Å². The van der Waals surface area contributed by atoms with Crippen LogP contribution in [0.5, 0.6) is 11.5 Å². The highest BCUT2D eigenvalue weighted by molar-refractivity contribution is 5.88. The number of hydrogen-bond acceptors (Lipinski definition) is 3. The summed E-state index contributed by atoms with van der Waals surface area (Å²) in [6.07, 6.45) is -21.7. The predicted octanol–water partition coefficient (Wildman–Crippen LogP) is 10.4. The largest absolute Gasteiger partial charge is 0.489 e. The third kappa shape index (κ3) is 7.59. The van der Waals surface area contributed by atoms with Crippen molar-refractivity contribution in [2.75, 3.05) is 13.2 Å². The Hall–Kier alpha value is -3.53. The highest BCUT2D eigenvalue weighted by Gasteiger charge is 2.92. The number of rotatable bonds is 17. The highest BCUT2D eigenvalue weighted by Crippen LogP contribution is 2.62. The number of carboxylic acids is 1. The van der Waals surface area contributed by atoms with Crippen molar-refractivity contribution in [1.29, 1.82) is 0 Å². The maximum Gasteiger partial charge on any atom is 0.460 e. The molecule has 1 N–H and O–H groups in total. The molecule has 0 aliphatic heterocycles. The standard InChI is InChI=1S/C23H12F26O4/c24-12(25,14(28,29)16(32,33)18(36,37)20(40,41)22(44,45)46)3-5-52-9-2-1-8(11(50)51)7-10(9)53-6-4-13(26,27)15(30,31)17(34,35)19(38,39)21(42,43)23(47,48)49/h1-2,7H,3-6H2,(H,50,51). The number of alkyl halides is 26. The van der Waals surface area contributed by atoms with Gasteiger partial charge in [0.25, 0.3) is 0 Å². The first-order chi connectivity index (χ1) is 23.0. The highest BCUT2D eigenvalue weighted by atomic mass is 19.4. The summed E-state index contributed by atoms with van der Waals surface area (Å²) in [7, 11) is 0. The molecule has 1 aromatic carbocycles. The Balaban J connectivity index is 3.36. The van der Waals surface area contributed by atoms with Gasteiger partial charge in [-0.05, 0) is 18.2 Å². The van der Waals surface area contributed by atoms with Gasteiger partial charge in [-0.15, -0.1) is 0 Å². The molecule has 0 atom stereocenters. The van der Waals surface area contributed by atoms with Crippen molar-refractivity contribution in [3.63, 3.8) is 0 Å². The van der Waals surface area contributed by atoms with Crippen molar-refractivity contribution >= 4 is 5.97 Å². The average Bonchev–Trinajstić information content (AvgIpc) is 2.95. The van der Waals surface area contributed by atoms with E-state index in [0.29, 0.717) is 0 Å². The first-order valence-corrected chi connectivity index (χ1v) is 12.5. The molecule has 4 nitrogen and oxygen atoms in total. The summed E-state index contributed by atoms with van der Waals surface area (Å²) < 4.78 is 353.